The second kappa shape index (κ2) is 23.4. The highest BCUT2D eigenvalue weighted by Gasteiger charge is 2.25. The lowest BCUT2D eigenvalue weighted by Gasteiger charge is -2.15. The average molecular weight is 903 g/mol. The number of ether oxygens (including phenoxy) is 3. The second-order valence-electron chi connectivity index (χ2n) is 11.8. The molecule has 0 heterocycles. The Morgan fingerprint density at radius 3 is 1.18 bits per heavy atom. The third-order valence-corrected chi connectivity index (χ3v) is 8.61. The Labute approximate surface area is 323 Å². The Hall–Kier alpha value is -2.12. The number of carbonyl (C=O) groups excluding carboxylic acids is 2. The van der Waals surface area contributed by atoms with Crippen molar-refractivity contribution in [2.24, 2.45) is 0 Å². The van der Waals surface area contributed by atoms with Gasteiger partial charge in [0.25, 0.3) is 0 Å². The summed E-state index contributed by atoms with van der Waals surface area (Å²) in [6, 6.07) is 31.6. The number of hydrogen-bond acceptors (Lipinski definition) is 6. The third-order valence-electron chi connectivity index (χ3n) is 6.40. The number of aliphatic hydroxyl groups excluding tert-OH is 1. The van der Waals surface area contributed by atoms with Gasteiger partial charge in [-0.25, -0.2) is 0 Å². The highest BCUT2D eigenvalue weighted by molar-refractivity contribution is 9.20. The first-order valence-electron chi connectivity index (χ1n) is 15.0. The van der Waals surface area contributed by atoms with E-state index < -0.39 is 8.65 Å². The van der Waals surface area contributed by atoms with Gasteiger partial charge in [-0.05, 0) is 104 Å². The average Bonchev–Trinajstić information content (AvgIpc) is 3.03. The molecule has 0 saturated heterocycles. The minimum atomic E-state index is -0.663. The fourth-order valence-electron chi connectivity index (χ4n) is 3.40. The smallest absolute Gasteiger partial charge is 0.322 e. The van der Waals surface area contributed by atoms with E-state index in [1.54, 1.807) is 27.7 Å². The van der Waals surface area contributed by atoms with E-state index in [9.17, 15) is 9.59 Å². The van der Waals surface area contributed by atoms with Crippen molar-refractivity contribution in [3.63, 3.8) is 0 Å². The standard InChI is InChI=1S/C19H21BrO3.C15H16O2.C4H6Br2O.2H3P/c1-14-4-6-15(7-5-14)12-22-17-10-8-16(9-11-17)13-23-18(21)19(2,3)20;1-12-2-4-14(5-3-12)11-17-15-8-6-13(10-16)7-9-15;1-4(2,6)3(5)7;;/h4-11H,12-13H2,1-3H3;2-9,16H,10-11H2,1H3;1-2H3;2*1H3. The van der Waals surface area contributed by atoms with Crippen molar-refractivity contribution in [1.29, 1.82) is 0 Å². The molecule has 0 aliphatic rings. The molecule has 2 atom stereocenters. The lowest BCUT2D eigenvalue weighted by Crippen LogP contribution is -2.26. The van der Waals surface area contributed by atoms with Crippen LogP contribution in [0.5, 0.6) is 11.5 Å². The van der Waals surface area contributed by atoms with E-state index in [1.165, 1.54) is 11.1 Å². The predicted molar refractivity (Wildman–Crippen MR) is 222 cm³/mol. The van der Waals surface area contributed by atoms with Gasteiger partial charge >= 0.3 is 5.97 Å². The van der Waals surface area contributed by atoms with Crippen molar-refractivity contribution in [2.75, 3.05) is 0 Å². The summed E-state index contributed by atoms with van der Waals surface area (Å²) in [5.41, 5.74) is 6.60. The van der Waals surface area contributed by atoms with Crippen molar-refractivity contribution < 1.29 is 28.9 Å². The summed E-state index contributed by atoms with van der Waals surface area (Å²) in [6.07, 6.45) is 0. The fourth-order valence-corrected chi connectivity index (χ4v) is 3.51. The summed E-state index contributed by atoms with van der Waals surface area (Å²) in [7, 11) is 0. The van der Waals surface area contributed by atoms with Crippen LogP contribution in [-0.4, -0.2) is 24.4 Å². The minimum Gasteiger partial charge on any atom is -0.489 e. The first-order chi connectivity index (χ1) is 22.1. The number of rotatable bonds is 11. The van der Waals surface area contributed by atoms with Gasteiger partial charge in [-0.15, -0.1) is 0 Å². The van der Waals surface area contributed by atoms with Crippen LogP contribution in [0.3, 0.4) is 0 Å². The number of benzene rings is 4. The van der Waals surface area contributed by atoms with Gasteiger partial charge in [0.05, 0.1) is 10.9 Å². The van der Waals surface area contributed by atoms with E-state index in [4.69, 9.17) is 19.3 Å². The van der Waals surface area contributed by atoms with Gasteiger partial charge in [0, 0.05) is 0 Å². The monoisotopic (exact) mass is 900 g/mol. The van der Waals surface area contributed by atoms with E-state index in [0.717, 1.165) is 33.8 Å². The molecule has 4 aromatic rings. The van der Waals surface area contributed by atoms with Crippen molar-refractivity contribution in [2.45, 2.75) is 76.6 Å². The molecule has 6 nitrogen and oxygen atoms in total. The quantitative estimate of drug-likeness (QED) is 0.0699. The van der Waals surface area contributed by atoms with Crippen LogP contribution >= 0.6 is 67.6 Å². The molecule has 0 bridgehead atoms. The van der Waals surface area contributed by atoms with E-state index in [-0.39, 0.29) is 43.7 Å². The molecular weight excluding hydrogens is 854 g/mol. The maximum Gasteiger partial charge on any atom is 0.322 e. The van der Waals surface area contributed by atoms with Crippen LogP contribution in [0.1, 0.15) is 61.1 Å². The minimum absolute atomic E-state index is 0. The fraction of sp³-hybridized carbons (Fsp3) is 0.316. The largest absolute Gasteiger partial charge is 0.489 e. The lowest BCUT2D eigenvalue weighted by molar-refractivity contribution is -0.146. The molecule has 4 aromatic carbocycles. The van der Waals surface area contributed by atoms with Crippen molar-refractivity contribution in [3.05, 3.63) is 130 Å². The molecule has 0 aliphatic heterocycles. The Balaban J connectivity index is 0.000000782. The summed E-state index contributed by atoms with van der Waals surface area (Å²) in [5.74, 6) is 1.33. The zero-order valence-corrected chi connectivity index (χ0v) is 36.7. The third kappa shape index (κ3) is 19.7. The van der Waals surface area contributed by atoms with Crippen LogP contribution in [-0.2, 0) is 40.8 Å². The SMILES string of the molecule is CC(C)(Br)C(=O)Br.Cc1ccc(COc2ccc(CO)cc2)cc1.Cc1ccc(COc2ccc(COC(=O)C(C)(C)Br)cc2)cc1.P.P. The number of aliphatic hydroxyl groups is 1. The number of esters is 1. The maximum atomic E-state index is 11.7. The summed E-state index contributed by atoms with van der Waals surface area (Å²) < 4.78 is 15.5. The molecule has 1 N–H and O–H groups in total. The van der Waals surface area contributed by atoms with Gasteiger partial charge in [-0.3, -0.25) is 9.59 Å². The van der Waals surface area contributed by atoms with Gasteiger partial charge < -0.3 is 19.3 Å². The first-order valence-corrected chi connectivity index (χ1v) is 17.3. The molecule has 0 fully saturated rings. The summed E-state index contributed by atoms with van der Waals surface area (Å²) in [5, 5.41) is 8.92. The zero-order valence-electron chi connectivity index (χ0n) is 29.1. The Morgan fingerprint density at radius 2 is 0.878 bits per heavy atom. The molecule has 268 valence electrons. The number of carbonyl (C=O) groups is 2. The van der Waals surface area contributed by atoms with Gasteiger partial charge in [0.2, 0.25) is 4.69 Å². The number of hydrogen-bond donors (Lipinski definition) is 1. The van der Waals surface area contributed by atoms with Crippen LogP contribution in [0.25, 0.3) is 0 Å². The number of alkyl halides is 2. The molecule has 0 amide bonds. The summed E-state index contributed by atoms with van der Waals surface area (Å²) >= 11 is 9.24. The van der Waals surface area contributed by atoms with E-state index in [0.29, 0.717) is 13.2 Å². The highest BCUT2D eigenvalue weighted by Crippen LogP contribution is 2.21. The predicted octanol–water partition coefficient (Wildman–Crippen LogP) is 10.1. The molecule has 0 spiro atoms. The number of halogens is 3. The lowest BCUT2D eigenvalue weighted by atomic mass is 10.2. The summed E-state index contributed by atoms with van der Waals surface area (Å²) in [6.45, 7) is 12.6. The van der Waals surface area contributed by atoms with Crippen LogP contribution in [0, 0.1) is 13.8 Å². The van der Waals surface area contributed by atoms with Gasteiger partial charge in [0.15, 0.2) is 0 Å². The molecule has 4 rings (SSSR count). The molecule has 49 heavy (non-hydrogen) atoms. The molecule has 2 unspecified atom stereocenters. The Morgan fingerprint density at radius 1 is 0.571 bits per heavy atom. The van der Waals surface area contributed by atoms with Crippen LogP contribution in [0.15, 0.2) is 97.1 Å². The molecule has 0 aliphatic carbocycles. The van der Waals surface area contributed by atoms with Crippen molar-refractivity contribution >= 4 is 78.2 Å². The Kier molecular flexibility index (Phi) is 22.4. The Bertz CT molecular complexity index is 1520. The zero-order chi connectivity index (χ0) is 35.0. The van der Waals surface area contributed by atoms with E-state index in [1.807, 2.05) is 48.5 Å². The van der Waals surface area contributed by atoms with Crippen molar-refractivity contribution in [1.82, 2.24) is 0 Å². The van der Waals surface area contributed by atoms with Crippen molar-refractivity contribution in [3.8, 4) is 11.5 Å². The van der Waals surface area contributed by atoms with E-state index >= 15 is 0 Å². The van der Waals surface area contributed by atoms with Crippen LogP contribution < -0.4 is 9.47 Å². The maximum absolute atomic E-state index is 11.7. The first kappa shape index (κ1) is 46.9. The van der Waals surface area contributed by atoms with Gasteiger partial charge in [-0.1, -0.05) is 116 Å². The highest BCUT2D eigenvalue weighted by atomic mass is 79.9. The number of aryl methyl sites for hydroxylation is 2. The molecule has 11 heteroatoms. The molecular formula is C38H49Br3O6P2. The topological polar surface area (TPSA) is 82.1 Å². The molecule has 0 aromatic heterocycles. The molecule has 0 saturated carbocycles. The van der Waals surface area contributed by atoms with E-state index in [2.05, 4.69) is 110 Å². The van der Waals surface area contributed by atoms with Gasteiger partial charge in [0.1, 0.15) is 35.6 Å². The van der Waals surface area contributed by atoms with Crippen LogP contribution in [0.2, 0.25) is 0 Å². The second-order valence-corrected chi connectivity index (χ2v) is 16.5. The summed E-state index contributed by atoms with van der Waals surface area (Å²) in [4.78, 5) is 22.0. The molecule has 0 radical (unpaired) electrons. The van der Waals surface area contributed by atoms with Crippen LogP contribution in [0.4, 0.5) is 0 Å². The normalized spacial score (nSPS) is 10.4. The van der Waals surface area contributed by atoms with Gasteiger partial charge in [-0.2, -0.15) is 19.8 Å².